The molecule has 4 heterocycles. The molecular formula is C51H36N6. The molecule has 57 heavy (non-hydrogen) atoms. The molecule has 0 unspecified atom stereocenters. The van der Waals surface area contributed by atoms with E-state index in [1.807, 2.05) is 36.7 Å². The zero-order chi connectivity index (χ0) is 38.1. The third kappa shape index (κ3) is 5.33. The van der Waals surface area contributed by atoms with E-state index >= 15 is 0 Å². The predicted octanol–water partition coefficient (Wildman–Crippen LogP) is 12.1. The SMILES string of the molecule is CC1(C)c2cc3c(cc2-c2cc4nc(-c5ccccc5)n(-c5ccc(-c6ccccc6)cn5)c4cc21)nc(-c1ccccc1)n3-c1ccc(-c2ccccc2)cn1. The summed E-state index contributed by atoms with van der Waals surface area (Å²) in [6.45, 7) is 4.65. The van der Waals surface area contributed by atoms with Crippen LogP contribution >= 0.6 is 0 Å². The van der Waals surface area contributed by atoms with E-state index in [0.717, 1.165) is 78.7 Å². The third-order valence-corrected chi connectivity index (χ3v) is 11.5. The van der Waals surface area contributed by atoms with Crippen LogP contribution in [0.3, 0.4) is 0 Å². The Hall–Kier alpha value is -7.44. The first-order valence-corrected chi connectivity index (χ1v) is 19.3. The number of imidazole rings is 2. The van der Waals surface area contributed by atoms with Gasteiger partial charge in [-0.3, -0.25) is 9.13 Å². The Bertz CT molecular complexity index is 2880. The summed E-state index contributed by atoms with van der Waals surface area (Å²) >= 11 is 0. The molecule has 0 atom stereocenters. The molecule has 0 amide bonds. The van der Waals surface area contributed by atoms with E-state index in [2.05, 4.69) is 169 Å². The van der Waals surface area contributed by atoms with Crippen molar-refractivity contribution < 1.29 is 0 Å². The van der Waals surface area contributed by atoms with Crippen molar-refractivity contribution in [1.29, 1.82) is 0 Å². The van der Waals surface area contributed by atoms with E-state index in [1.54, 1.807) is 0 Å². The number of rotatable bonds is 6. The molecule has 0 spiro atoms. The lowest BCUT2D eigenvalue weighted by Gasteiger charge is -2.22. The first-order chi connectivity index (χ1) is 28.0. The van der Waals surface area contributed by atoms with Crippen LogP contribution in [0.25, 0.3) is 89.9 Å². The number of hydrogen-bond acceptors (Lipinski definition) is 4. The fourth-order valence-corrected chi connectivity index (χ4v) is 8.54. The molecule has 1 aliphatic rings. The summed E-state index contributed by atoms with van der Waals surface area (Å²) in [6.07, 6.45) is 3.92. The first kappa shape index (κ1) is 32.9. The molecule has 0 aliphatic heterocycles. The molecule has 6 heteroatoms. The van der Waals surface area contributed by atoms with Crippen LogP contribution in [0.5, 0.6) is 0 Å². The molecule has 0 saturated carbocycles. The summed E-state index contributed by atoms with van der Waals surface area (Å²) in [4.78, 5) is 20.7. The summed E-state index contributed by atoms with van der Waals surface area (Å²) in [5.41, 5.74) is 14.9. The van der Waals surface area contributed by atoms with Crippen molar-refractivity contribution in [2.75, 3.05) is 0 Å². The van der Waals surface area contributed by atoms with Crippen LogP contribution < -0.4 is 0 Å². The van der Waals surface area contributed by atoms with Crippen molar-refractivity contribution in [2.45, 2.75) is 19.3 Å². The van der Waals surface area contributed by atoms with E-state index in [0.29, 0.717) is 0 Å². The van der Waals surface area contributed by atoms with Gasteiger partial charge in [0.25, 0.3) is 0 Å². The van der Waals surface area contributed by atoms with Gasteiger partial charge in [-0.05, 0) is 81.9 Å². The van der Waals surface area contributed by atoms with Gasteiger partial charge in [0, 0.05) is 40.1 Å². The minimum atomic E-state index is -0.313. The Morgan fingerprint density at radius 2 is 0.754 bits per heavy atom. The molecule has 4 aromatic heterocycles. The Kier molecular flexibility index (Phi) is 7.41. The van der Waals surface area contributed by atoms with Crippen LogP contribution in [-0.2, 0) is 5.41 Å². The number of pyridine rings is 2. The van der Waals surface area contributed by atoms with E-state index in [1.165, 1.54) is 22.3 Å². The molecule has 270 valence electrons. The normalized spacial score (nSPS) is 12.9. The summed E-state index contributed by atoms with van der Waals surface area (Å²) < 4.78 is 4.42. The Balaban J connectivity index is 1.09. The lowest BCUT2D eigenvalue weighted by Crippen LogP contribution is -2.15. The molecule has 0 saturated heterocycles. The monoisotopic (exact) mass is 732 g/mol. The van der Waals surface area contributed by atoms with Crippen molar-refractivity contribution in [2.24, 2.45) is 0 Å². The Labute approximate surface area is 330 Å². The van der Waals surface area contributed by atoms with Gasteiger partial charge in [-0.15, -0.1) is 0 Å². The molecule has 0 radical (unpaired) electrons. The minimum Gasteiger partial charge on any atom is -0.276 e. The zero-order valence-corrected chi connectivity index (χ0v) is 31.5. The van der Waals surface area contributed by atoms with Gasteiger partial charge in [-0.2, -0.15) is 0 Å². The van der Waals surface area contributed by atoms with Crippen LogP contribution in [0.15, 0.2) is 182 Å². The van der Waals surface area contributed by atoms with Gasteiger partial charge in [-0.1, -0.05) is 135 Å². The van der Waals surface area contributed by atoms with Gasteiger partial charge >= 0.3 is 0 Å². The third-order valence-electron chi connectivity index (χ3n) is 11.5. The molecule has 0 N–H and O–H groups in total. The highest BCUT2D eigenvalue weighted by Crippen LogP contribution is 2.52. The fraction of sp³-hybridized carbons (Fsp3) is 0.0588. The summed E-state index contributed by atoms with van der Waals surface area (Å²) in [7, 11) is 0. The lowest BCUT2D eigenvalue weighted by molar-refractivity contribution is 0.661. The largest absolute Gasteiger partial charge is 0.276 e. The van der Waals surface area contributed by atoms with Crippen molar-refractivity contribution >= 4 is 22.1 Å². The predicted molar refractivity (Wildman–Crippen MR) is 231 cm³/mol. The highest BCUT2D eigenvalue weighted by atomic mass is 15.1. The number of benzene rings is 6. The van der Waals surface area contributed by atoms with Gasteiger partial charge in [0.1, 0.15) is 23.3 Å². The van der Waals surface area contributed by atoms with Gasteiger partial charge in [0.2, 0.25) is 0 Å². The lowest BCUT2D eigenvalue weighted by atomic mass is 9.82. The minimum absolute atomic E-state index is 0.313. The maximum absolute atomic E-state index is 5.32. The summed E-state index contributed by atoms with van der Waals surface area (Å²) in [5, 5.41) is 0. The topological polar surface area (TPSA) is 61.4 Å². The van der Waals surface area contributed by atoms with E-state index in [-0.39, 0.29) is 5.41 Å². The zero-order valence-electron chi connectivity index (χ0n) is 31.5. The Morgan fingerprint density at radius 3 is 1.11 bits per heavy atom. The van der Waals surface area contributed by atoms with E-state index in [9.17, 15) is 0 Å². The molecule has 0 bridgehead atoms. The number of fused-ring (bicyclic) bond motifs is 5. The van der Waals surface area contributed by atoms with Crippen LogP contribution in [-0.4, -0.2) is 29.1 Å². The molecule has 11 rings (SSSR count). The maximum Gasteiger partial charge on any atom is 0.146 e. The first-order valence-electron chi connectivity index (χ1n) is 19.3. The van der Waals surface area contributed by atoms with Gasteiger partial charge in [0.05, 0.1) is 22.1 Å². The van der Waals surface area contributed by atoms with Crippen molar-refractivity contribution in [3.05, 3.63) is 193 Å². The van der Waals surface area contributed by atoms with E-state index in [4.69, 9.17) is 19.9 Å². The average Bonchev–Trinajstić information content (AvgIpc) is 3.91. The smallest absolute Gasteiger partial charge is 0.146 e. The van der Waals surface area contributed by atoms with Gasteiger partial charge in [-0.25, -0.2) is 19.9 Å². The molecule has 6 nitrogen and oxygen atoms in total. The maximum atomic E-state index is 5.32. The summed E-state index contributed by atoms with van der Waals surface area (Å²) in [6, 6.07) is 59.2. The quantitative estimate of drug-likeness (QED) is 0.171. The number of nitrogens with zero attached hydrogens (tertiary/aromatic N) is 6. The van der Waals surface area contributed by atoms with Gasteiger partial charge < -0.3 is 0 Å². The standard InChI is InChI=1S/C51H36N6/c1-51(2)41-29-45-43(54-49(35-19-11-5-12-20-35)56(45)47-25-23-37(31-52-47)33-15-7-3-8-16-33)27-39(41)40-28-44-46(30-42(40)51)57(50(55-44)36-21-13-6-14-22-36)48-26-24-38(32-53-48)34-17-9-4-10-18-34/h3-32H,1-2H3. The van der Waals surface area contributed by atoms with Crippen molar-refractivity contribution in [1.82, 2.24) is 29.1 Å². The summed E-state index contributed by atoms with van der Waals surface area (Å²) in [5.74, 6) is 3.37. The van der Waals surface area contributed by atoms with Gasteiger partial charge in [0.15, 0.2) is 0 Å². The van der Waals surface area contributed by atoms with Crippen LogP contribution in [0.2, 0.25) is 0 Å². The second-order valence-electron chi connectivity index (χ2n) is 15.2. The molecule has 10 aromatic rings. The highest BCUT2D eigenvalue weighted by Gasteiger charge is 2.38. The molecular weight excluding hydrogens is 697 g/mol. The van der Waals surface area contributed by atoms with Crippen LogP contribution in [0.4, 0.5) is 0 Å². The number of aromatic nitrogens is 6. The van der Waals surface area contributed by atoms with Crippen LogP contribution in [0, 0.1) is 0 Å². The fourth-order valence-electron chi connectivity index (χ4n) is 8.54. The number of hydrogen-bond donors (Lipinski definition) is 0. The molecule has 1 aliphatic carbocycles. The Morgan fingerprint density at radius 1 is 0.386 bits per heavy atom. The van der Waals surface area contributed by atoms with Crippen molar-refractivity contribution in [3.63, 3.8) is 0 Å². The molecule has 0 fully saturated rings. The molecule has 6 aromatic carbocycles. The average molecular weight is 733 g/mol. The highest BCUT2D eigenvalue weighted by molar-refractivity contribution is 5.97. The van der Waals surface area contributed by atoms with Crippen molar-refractivity contribution in [3.8, 4) is 67.8 Å². The van der Waals surface area contributed by atoms with Crippen LogP contribution in [0.1, 0.15) is 25.0 Å². The second-order valence-corrected chi connectivity index (χ2v) is 15.2. The second kappa shape index (κ2) is 12.8. The van der Waals surface area contributed by atoms with E-state index < -0.39 is 0 Å².